The molecule has 31 heavy (non-hydrogen) atoms. The van der Waals surface area contributed by atoms with Gasteiger partial charge >= 0.3 is 6.01 Å². The van der Waals surface area contributed by atoms with Crippen LogP contribution in [0.25, 0.3) is 22.4 Å². The maximum Gasteiger partial charge on any atom is 0.310 e. The molecule has 6 nitrogen and oxygen atoms in total. The van der Waals surface area contributed by atoms with E-state index in [0.29, 0.717) is 28.0 Å². The number of fused-ring (bicyclic) bond motifs is 1. The van der Waals surface area contributed by atoms with E-state index in [-0.39, 0.29) is 11.6 Å². The zero-order chi connectivity index (χ0) is 21.2. The lowest BCUT2D eigenvalue weighted by Crippen LogP contribution is -2.23. The number of hydrogen-bond acceptors (Lipinski definition) is 4. The molecule has 0 saturated heterocycles. The molecule has 0 radical (unpaired) electrons. The second-order valence-corrected chi connectivity index (χ2v) is 6.84. The molecule has 0 aliphatic rings. The van der Waals surface area contributed by atoms with Crippen molar-refractivity contribution in [2.45, 2.75) is 0 Å². The lowest BCUT2D eigenvalue weighted by Gasteiger charge is -2.14. The van der Waals surface area contributed by atoms with Crippen LogP contribution in [0.3, 0.4) is 0 Å². The standard InChI is InChI=1S/C25H16N4O2/c26-16-18-17-28(19-10-4-1-5-11-19)23-22(18)27-25(31-21-14-8-3-9-15-21)29(24(23)30)20-12-6-2-7-13-20/h1-15,17H. The Balaban J connectivity index is 1.85. The average Bonchev–Trinajstić information content (AvgIpc) is 3.20. The first-order valence-electron chi connectivity index (χ1n) is 9.68. The molecule has 0 atom stereocenters. The number of nitriles is 1. The first-order valence-corrected chi connectivity index (χ1v) is 9.68. The molecule has 6 heteroatoms. The minimum atomic E-state index is -0.326. The number of para-hydroxylation sites is 3. The number of nitrogens with zero attached hydrogens (tertiary/aromatic N) is 4. The van der Waals surface area contributed by atoms with Gasteiger partial charge in [-0.1, -0.05) is 54.6 Å². The second kappa shape index (κ2) is 7.65. The van der Waals surface area contributed by atoms with E-state index in [2.05, 4.69) is 11.1 Å². The fourth-order valence-corrected chi connectivity index (χ4v) is 3.49. The van der Waals surface area contributed by atoms with E-state index >= 15 is 0 Å². The van der Waals surface area contributed by atoms with Crippen LogP contribution in [0.4, 0.5) is 0 Å². The van der Waals surface area contributed by atoms with Gasteiger partial charge in [-0.2, -0.15) is 10.2 Å². The highest BCUT2D eigenvalue weighted by Crippen LogP contribution is 2.27. The molecule has 0 N–H and O–H groups in total. The molecule has 2 heterocycles. The summed E-state index contributed by atoms with van der Waals surface area (Å²) >= 11 is 0. The van der Waals surface area contributed by atoms with Gasteiger partial charge in [0.25, 0.3) is 5.56 Å². The van der Waals surface area contributed by atoms with Crippen molar-refractivity contribution in [2.24, 2.45) is 0 Å². The summed E-state index contributed by atoms with van der Waals surface area (Å²) in [6.07, 6.45) is 1.63. The van der Waals surface area contributed by atoms with E-state index in [4.69, 9.17) is 4.74 Å². The van der Waals surface area contributed by atoms with Crippen molar-refractivity contribution in [3.8, 4) is 29.2 Å². The molecular formula is C25H16N4O2. The maximum atomic E-state index is 13.8. The van der Waals surface area contributed by atoms with Crippen LogP contribution in [0.2, 0.25) is 0 Å². The summed E-state index contributed by atoms with van der Waals surface area (Å²) in [6.45, 7) is 0. The fraction of sp³-hybridized carbons (Fsp3) is 0. The highest BCUT2D eigenvalue weighted by atomic mass is 16.5. The van der Waals surface area contributed by atoms with Gasteiger partial charge < -0.3 is 9.30 Å². The van der Waals surface area contributed by atoms with Gasteiger partial charge in [0.05, 0.1) is 11.3 Å². The molecule has 3 aromatic carbocycles. The predicted molar refractivity (Wildman–Crippen MR) is 118 cm³/mol. The van der Waals surface area contributed by atoms with Crippen LogP contribution in [0.1, 0.15) is 5.56 Å². The van der Waals surface area contributed by atoms with Crippen LogP contribution in [0.5, 0.6) is 11.8 Å². The molecule has 5 aromatic rings. The zero-order valence-corrected chi connectivity index (χ0v) is 16.3. The van der Waals surface area contributed by atoms with E-state index in [9.17, 15) is 10.1 Å². The molecule has 0 amide bonds. The van der Waals surface area contributed by atoms with E-state index in [1.807, 2.05) is 78.9 Å². The summed E-state index contributed by atoms with van der Waals surface area (Å²) in [4.78, 5) is 18.4. The molecule has 0 aliphatic carbocycles. The van der Waals surface area contributed by atoms with Crippen molar-refractivity contribution < 1.29 is 4.74 Å². The number of rotatable bonds is 4. The highest BCUT2D eigenvalue weighted by molar-refractivity contribution is 5.84. The third-order valence-corrected chi connectivity index (χ3v) is 4.90. The van der Waals surface area contributed by atoms with Crippen molar-refractivity contribution >= 4 is 11.0 Å². The molecular weight excluding hydrogens is 388 g/mol. The maximum absolute atomic E-state index is 13.8. The first kappa shape index (κ1) is 18.4. The third kappa shape index (κ3) is 3.24. The largest absolute Gasteiger partial charge is 0.425 e. The fourth-order valence-electron chi connectivity index (χ4n) is 3.49. The lowest BCUT2D eigenvalue weighted by molar-refractivity contribution is 0.427. The van der Waals surface area contributed by atoms with E-state index in [1.54, 1.807) is 22.9 Å². The molecule has 0 saturated carbocycles. The Morgan fingerprint density at radius 2 is 1.39 bits per heavy atom. The summed E-state index contributed by atoms with van der Waals surface area (Å²) in [5.41, 5.74) is 1.97. The molecule has 5 rings (SSSR count). The predicted octanol–water partition coefficient (Wildman–Crippen LogP) is 4.84. The van der Waals surface area contributed by atoms with Crippen molar-refractivity contribution in [3.63, 3.8) is 0 Å². The van der Waals surface area contributed by atoms with Crippen LogP contribution in [0, 0.1) is 11.3 Å². The summed E-state index contributed by atoms with van der Waals surface area (Å²) in [5.74, 6) is 0.541. The highest BCUT2D eigenvalue weighted by Gasteiger charge is 2.21. The average molecular weight is 404 g/mol. The Hall–Kier alpha value is -4.63. The number of ether oxygens (including phenoxy) is 1. The quantitative estimate of drug-likeness (QED) is 0.430. The molecule has 0 fully saturated rings. The Labute approximate surface area is 177 Å². The van der Waals surface area contributed by atoms with Gasteiger partial charge in [-0.15, -0.1) is 0 Å². The summed E-state index contributed by atoms with van der Waals surface area (Å²) in [5, 5.41) is 9.70. The van der Waals surface area contributed by atoms with Gasteiger partial charge in [-0.25, -0.2) is 4.57 Å². The van der Waals surface area contributed by atoms with Crippen LogP contribution < -0.4 is 10.3 Å². The minimum Gasteiger partial charge on any atom is -0.425 e. The zero-order valence-electron chi connectivity index (χ0n) is 16.3. The Kier molecular flexibility index (Phi) is 4.54. The molecule has 148 valence electrons. The van der Waals surface area contributed by atoms with Gasteiger partial charge in [0, 0.05) is 11.9 Å². The van der Waals surface area contributed by atoms with E-state index in [0.717, 1.165) is 5.69 Å². The molecule has 0 spiro atoms. The topological polar surface area (TPSA) is 72.8 Å². The number of benzene rings is 3. The first-order chi connectivity index (χ1) is 15.3. The number of hydrogen-bond donors (Lipinski definition) is 0. The van der Waals surface area contributed by atoms with Crippen molar-refractivity contribution in [2.75, 3.05) is 0 Å². The van der Waals surface area contributed by atoms with Gasteiger partial charge in [-0.05, 0) is 36.4 Å². The molecule has 2 aromatic heterocycles. The number of aromatic nitrogens is 3. The molecule has 0 aliphatic heterocycles. The van der Waals surface area contributed by atoms with Gasteiger partial charge in [0.2, 0.25) is 0 Å². The van der Waals surface area contributed by atoms with Crippen molar-refractivity contribution in [1.29, 1.82) is 5.26 Å². The summed E-state index contributed by atoms with van der Waals surface area (Å²) in [7, 11) is 0. The van der Waals surface area contributed by atoms with E-state index < -0.39 is 0 Å². The summed E-state index contributed by atoms with van der Waals surface area (Å²) < 4.78 is 9.13. The smallest absolute Gasteiger partial charge is 0.310 e. The van der Waals surface area contributed by atoms with Crippen LogP contribution in [0.15, 0.2) is 102 Å². The van der Waals surface area contributed by atoms with Crippen LogP contribution in [-0.4, -0.2) is 14.1 Å². The Morgan fingerprint density at radius 3 is 2.00 bits per heavy atom. The minimum absolute atomic E-state index is 0.0946. The Bertz CT molecular complexity index is 1470. The molecule has 0 bridgehead atoms. The Morgan fingerprint density at radius 1 is 0.806 bits per heavy atom. The third-order valence-electron chi connectivity index (χ3n) is 4.90. The van der Waals surface area contributed by atoms with Crippen molar-refractivity contribution in [1.82, 2.24) is 14.1 Å². The lowest BCUT2D eigenvalue weighted by atomic mass is 10.3. The van der Waals surface area contributed by atoms with Gasteiger partial charge in [-0.3, -0.25) is 4.79 Å². The van der Waals surface area contributed by atoms with Crippen LogP contribution >= 0.6 is 0 Å². The van der Waals surface area contributed by atoms with Gasteiger partial charge in [0.15, 0.2) is 0 Å². The molecule has 0 unspecified atom stereocenters. The SMILES string of the molecule is N#Cc1cn(-c2ccccc2)c2c(=O)n(-c3ccccc3)c(Oc3ccccc3)nc12. The summed E-state index contributed by atoms with van der Waals surface area (Å²) in [6, 6.07) is 30.0. The van der Waals surface area contributed by atoms with Crippen molar-refractivity contribution in [3.05, 3.63) is 113 Å². The van der Waals surface area contributed by atoms with Crippen LogP contribution in [-0.2, 0) is 0 Å². The second-order valence-electron chi connectivity index (χ2n) is 6.84. The van der Waals surface area contributed by atoms with Gasteiger partial charge in [0.1, 0.15) is 22.9 Å². The normalized spacial score (nSPS) is 10.7. The van der Waals surface area contributed by atoms with E-state index in [1.165, 1.54) is 4.57 Å². The monoisotopic (exact) mass is 404 g/mol.